The van der Waals surface area contributed by atoms with Crippen molar-refractivity contribution in [3.8, 4) is 11.5 Å². The van der Waals surface area contributed by atoms with E-state index >= 15 is 0 Å². The summed E-state index contributed by atoms with van der Waals surface area (Å²) >= 11 is 0. The highest BCUT2D eigenvalue weighted by Gasteiger charge is 2.04. The van der Waals surface area contributed by atoms with E-state index in [1.807, 2.05) is 42.5 Å². The Kier molecular flexibility index (Phi) is 4.47. The van der Waals surface area contributed by atoms with Crippen molar-refractivity contribution in [2.45, 2.75) is 6.61 Å². The predicted molar refractivity (Wildman–Crippen MR) is 93.1 cm³/mol. The molecule has 0 amide bonds. The number of rotatable bonds is 5. The van der Waals surface area contributed by atoms with Crippen LogP contribution in [0.25, 0.3) is 16.8 Å². The molecule has 0 spiro atoms. The maximum absolute atomic E-state index is 10.5. The first kappa shape index (κ1) is 15.6. The number of aliphatic carboxylic acids is 1. The Balaban J connectivity index is 1.77. The molecule has 0 saturated carbocycles. The fourth-order valence-electron chi connectivity index (χ4n) is 2.49. The van der Waals surface area contributed by atoms with Crippen LogP contribution in [0.15, 0.2) is 66.7 Å². The number of carboxylic acids is 1. The zero-order chi connectivity index (χ0) is 16.9. The van der Waals surface area contributed by atoms with Crippen molar-refractivity contribution >= 4 is 22.8 Å². The van der Waals surface area contributed by atoms with Crippen LogP contribution in [0.1, 0.15) is 11.1 Å². The van der Waals surface area contributed by atoms with Gasteiger partial charge in [-0.2, -0.15) is 0 Å². The second-order valence-electron chi connectivity index (χ2n) is 5.32. The zero-order valence-corrected chi connectivity index (χ0v) is 12.8. The molecular weight excluding hydrogens is 304 g/mol. The van der Waals surface area contributed by atoms with E-state index in [0.29, 0.717) is 17.9 Å². The lowest BCUT2D eigenvalue weighted by molar-refractivity contribution is -0.131. The molecule has 0 unspecified atom stereocenters. The van der Waals surface area contributed by atoms with Crippen molar-refractivity contribution in [2.24, 2.45) is 0 Å². The van der Waals surface area contributed by atoms with Gasteiger partial charge in [0.2, 0.25) is 0 Å². The summed E-state index contributed by atoms with van der Waals surface area (Å²) in [6.45, 7) is 0.380. The summed E-state index contributed by atoms with van der Waals surface area (Å²) in [6.07, 6.45) is 2.32. The number of hydrogen-bond donors (Lipinski definition) is 2. The van der Waals surface area contributed by atoms with Gasteiger partial charge in [-0.1, -0.05) is 42.5 Å². The fraction of sp³-hybridized carbons (Fsp3) is 0.0500. The lowest BCUT2D eigenvalue weighted by Crippen LogP contribution is -1.96. The molecule has 0 heterocycles. The summed E-state index contributed by atoms with van der Waals surface area (Å²) in [5.41, 5.74) is 1.48. The second kappa shape index (κ2) is 6.87. The van der Waals surface area contributed by atoms with E-state index in [2.05, 4.69) is 0 Å². The van der Waals surface area contributed by atoms with Gasteiger partial charge >= 0.3 is 5.97 Å². The molecule has 0 aliphatic heterocycles. The summed E-state index contributed by atoms with van der Waals surface area (Å²) < 4.78 is 5.76. The third-order valence-corrected chi connectivity index (χ3v) is 3.68. The zero-order valence-electron chi connectivity index (χ0n) is 12.8. The van der Waals surface area contributed by atoms with Gasteiger partial charge in [0.25, 0.3) is 0 Å². The topological polar surface area (TPSA) is 66.8 Å². The Bertz CT molecular complexity index is 907. The molecule has 0 aliphatic carbocycles. The monoisotopic (exact) mass is 320 g/mol. The number of phenols is 1. The molecule has 0 aromatic heterocycles. The Morgan fingerprint density at radius 1 is 1.04 bits per heavy atom. The summed E-state index contributed by atoms with van der Waals surface area (Å²) in [5.74, 6) is -0.568. The number of carbonyl (C=O) groups is 1. The normalized spacial score (nSPS) is 11.0. The van der Waals surface area contributed by atoms with Gasteiger partial charge in [0.1, 0.15) is 18.1 Å². The first-order chi connectivity index (χ1) is 11.6. The maximum Gasteiger partial charge on any atom is 0.328 e. The molecule has 0 bridgehead atoms. The van der Waals surface area contributed by atoms with Crippen LogP contribution in [0.4, 0.5) is 0 Å². The van der Waals surface area contributed by atoms with Gasteiger partial charge in [0.15, 0.2) is 0 Å². The molecule has 4 heteroatoms. The van der Waals surface area contributed by atoms with Crippen LogP contribution in [-0.4, -0.2) is 16.2 Å². The Labute approximate surface area is 139 Å². The first-order valence-electron chi connectivity index (χ1n) is 7.47. The van der Waals surface area contributed by atoms with Crippen LogP contribution >= 0.6 is 0 Å². The van der Waals surface area contributed by atoms with Crippen LogP contribution in [0.3, 0.4) is 0 Å². The lowest BCUT2D eigenvalue weighted by atomic mass is 10.1. The van der Waals surface area contributed by atoms with Gasteiger partial charge in [-0.15, -0.1) is 0 Å². The molecule has 0 fully saturated rings. The van der Waals surface area contributed by atoms with Crippen LogP contribution in [0, 0.1) is 0 Å². The minimum atomic E-state index is -1.06. The number of ether oxygens (including phenoxy) is 1. The lowest BCUT2D eigenvalue weighted by Gasteiger charge is -2.10. The van der Waals surface area contributed by atoms with E-state index in [1.165, 1.54) is 12.1 Å². The van der Waals surface area contributed by atoms with Crippen molar-refractivity contribution in [1.29, 1.82) is 0 Å². The molecule has 3 aromatic carbocycles. The van der Waals surface area contributed by atoms with Crippen LogP contribution in [0.5, 0.6) is 11.5 Å². The molecule has 120 valence electrons. The SMILES string of the molecule is O=C(O)C=Cc1ccc(OCc2cccc3ccccc23)cc1O. The molecule has 0 saturated heterocycles. The Morgan fingerprint density at radius 2 is 1.83 bits per heavy atom. The summed E-state index contributed by atoms with van der Waals surface area (Å²) in [4.78, 5) is 10.5. The van der Waals surface area contributed by atoms with Crippen molar-refractivity contribution < 1.29 is 19.7 Å². The number of hydrogen-bond acceptors (Lipinski definition) is 3. The third kappa shape index (κ3) is 3.55. The molecule has 4 nitrogen and oxygen atoms in total. The van der Waals surface area contributed by atoms with Crippen molar-refractivity contribution in [3.63, 3.8) is 0 Å². The number of benzene rings is 3. The third-order valence-electron chi connectivity index (χ3n) is 3.68. The van der Waals surface area contributed by atoms with E-state index in [4.69, 9.17) is 9.84 Å². The largest absolute Gasteiger partial charge is 0.507 e. The van der Waals surface area contributed by atoms with Crippen molar-refractivity contribution in [2.75, 3.05) is 0 Å². The van der Waals surface area contributed by atoms with Crippen LogP contribution < -0.4 is 4.74 Å². The van der Waals surface area contributed by atoms with Crippen molar-refractivity contribution in [3.05, 3.63) is 77.9 Å². The Hall–Kier alpha value is -3.27. The van der Waals surface area contributed by atoms with E-state index in [0.717, 1.165) is 22.4 Å². The van der Waals surface area contributed by atoms with E-state index in [-0.39, 0.29) is 5.75 Å². The van der Waals surface area contributed by atoms with Crippen molar-refractivity contribution in [1.82, 2.24) is 0 Å². The molecule has 24 heavy (non-hydrogen) atoms. The van der Waals surface area contributed by atoms with Gasteiger partial charge in [0, 0.05) is 17.7 Å². The molecule has 0 aliphatic rings. The molecule has 0 atom stereocenters. The minimum Gasteiger partial charge on any atom is -0.507 e. The molecule has 0 radical (unpaired) electrons. The van der Waals surface area contributed by atoms with E-state index < -0.39 is 5.97 Å². The maximum atomic E-state index is 10.5. The fourth-order valence-corrected chi connectivity index (χ4v) is 2.49. The summed E-state index contributed by atoms with van der Waals surface area (Å²) in [6, 6.07) is 18.9. The number of fused-ring (bicyclic) bond motifs is 1. The van der Waals surface area contributed by atoms with Gasteiger partial charge in [-0.05, 0) is 34.5 Å². The molecule has 2 N–H and O–H groups in total. The van der Waals surface area contributed by atoms with Gasteiger partial charge in [0.05, 0.1) is 0 Å². The summed E-state index contributed by atoms with van der Waals surface area (Å²) in [5, 5.41) is 20.9. The molecule has 3 aromatic rings. The minimum absolute atomic E-state index is 0.0251. The highest BCUT2D eigenvalue weighted by atomic mass is 16.5. The van der Waals surface area contributed by atoms with E-state index in [1.54, 1.807) is 12.1 Å². The van der Waals surface area contributed by atoms with Crippen LogP contribution in [0.2, 0.25) is 0 Å². The quantitative estimate of drug-likeness (QED) is 0.691. The van der Waals surface area contributed by atoms with Gasteiger partial charge in [-0.25, -0.2) is 4.79 Å². The number of carboxylic acid groups (broad SMARTS) is 1. The van der Waals surface area contributed by atoms with Gasteiger partial charge in [-0.3, -0.25) is 0 Å². The molecule has 3 rings (SSSR count). The second-order valence-corrected chi connectivity index (χ2v) is 5.32. The smallest absolute Gasteiger partial charge is 0.328 e. The number of aromatic hydroxyl groups is 1. The van der Waals surface area contributed by atoms with Crippen LogP contribution in [-0.2, 0) is 11.4 Å². The highest BCUT2D eigenvalue weighted by Crippen LogP contribution is 2.26. The van der Waals surface area contributed by atoms with Gasteiger partial charge < -0.3 is 14.9 Å². The number of phenolic OH excluding ortho intramolecular Hbond substituents is 1. The van der Waals surface area contributed by atoms with E-state index in [9.17, 15) is 9.90 Å². The average molecular weight is 320 g/mol. The average Bonchev–Trinajstić information content (AvgIpc) is 2.59. The predicted octanol–water partition coefficient (Wildman–Crippen LogP) is 4.22. The standard InChI is InChI=1S/C20H16O4/c21-19-12-17(10-8-15(19)9-11-20(22)23)24-13-16-6-3-5-14-4-1-2-7-18(14)16/h1-12,21H,13H2,(H,22,23). The highest BCUT2D eigenvalue weighted by molar-refractivity contribution is 5.86. The summed E-state index contributed by atoms with van der Waals surface area (Å²) in [7, 11) is 0. The first-order valence-corrected chi connectivity index (χ1v) is 7.47. The molecular formula is C20H16O4. The Morgan fingerprint density at radius 3 is 2.62 bits per heavy atom.